The number of nitrogens with zero attached hydrogens (tertiary/aromatic N) is 1. The van der Waals surface area contributed by atoms with Gasteiger partial charge < -0.3 is 14.4 Å². The molecule has 0 atom stereocenters. The number of aliphatic hydroxyl groups is 1. The topological polar surface area (TPSA) is 34.4 Å². The van der Waals surface area contributed by atoms with E-state index in [1.165, 1.54) is 0 Å². The first kappa shape index (κ1) is 14.2. The third-order valence-electron chi connectivity index (χ3n) is 3.61. The summed E-state index contributed by atoms with van der Waals surface area (Å²) >= 11 is 3.59. The van der Waals surface area contributed by atoms with Gasteiger partial charge >= 0.3 is 0 Å². The molecule has 0 aliphatic rings. The number of hydrogen-bond acceptors (Lipinski definition) is 2. The second-order valence-corrected chi connectivity index (χ2v) is 5.81. The second kappa shape index (κ2) is 5.92. The molecule has 0 amide bonds. The van der Waals surface area contributed by atoms with Gasteiger partial charge in [0.1, 0.15) is 5.75 Å². The Morgan fingerprint density at radius 3 is 2.76 bits per heavy atom. The lowest BCUT2D eigenvalue weighted by Gasteiger charge is -2.10. The van der Waals surface area contributed by atoms with Crippen LogP contribution >= 0.6 is 15.9 Å². The van der Waals surface area contributed by atoms with Crippen molar-refractivity contribution in [2.45, 2.75) is 13.2 Å². The van der Waals surface area contributed by atoms with Crippen LogP contribution < -0.4 is 4.74 Å². The molecule has 0 saturated carbocycles. The van der Waals surface area contributed by atoms with Crippen molar-refractivity contribution in [3.63, 3.8) is 0 Å². The number of benzene rings is 2. The summed E-state index contributed by atoms with van der Waals surface area (Å²) in [6.45, 7) is 0.836. The van der Waals surface area contributed by atoms with Crippen molar-refractivity contribution < 1.29 is 9.84 Å². The molecule has 21 heavy (non-hydrogen) atoms. The summed E-state index contributed by atoms with van der Waals surface area (Å²) in [5.74, 6) is 0.854. The Kier molecular flexibility index (Phi) is 3.99. The number of fused-ring (bicyclic) bond motifs is 1. The van der Waals surface area contributed by atoms with Crippen LogP contribution in [0.25, 0.3) is 10.9 Å². The molecule has 0 unspecified atom stereocenters. The fraction of sp³-hybridized carbons (Fsp3) is 0.176. The summed E-state index contributed by atoms with van der Waals surface area (Å²) in [7, 11) is 1.68. The SMILES string of the molecule is COc1ccc(Br)c(Cn2ccc3cc(CO)ccc32)c1. The first-order valence-corrected chi connectivity index (χ1v) is 7.51. The summed E-state index contributed by atoms with van der Waals surface area (Å²) in [5, 5.41) is 10.3. The molecule has 1 aromatic heterocycles. The van der Waals surface area contributed by atoms with Crippen molar-refractivity contribution in [1.29, 1.82) is 0 Å². The number of ether oxygens (including phenoxy) is 1. The van der Waals surface area contributed by atoms with Gasteiger partial charge in [-0.25, -0.2) is 0 Å². The van der Waals surface area contributed by atoms with Gasteiger partial charge in [0.2, 0.25) is 0 Å². The van der Waals surface area contributed by atoms with E-state index in [0.717, 1.165) is 38.8 Å². The van der Waals surface area contributed by atoms with E-state index >= 15 is 0 Å². The highest BCUT2D eigenvalue weighted by molar-refractivity contribution is 9.10. The van der Waals surface area contributed by atoms with Gasteiger partial charge in [-0.05, 0) is 52.9 Å². The second-order valence-electron chi connectivity index (χ2n) is 4.95. The minimum atomic E-state index is 0.0720. The Hall–Kier alpha value is -1.78. The molecule has 3 aromatic rings. The van der Waals surface area contributed by atoms with Crippen molar-refractivity contribution in [2.24, 2.45) is 0 Å². The van der Waals surface area contributed by atoms with Crippen molar-refractivity contribution in [1.82, 2.24) is 4.57 Å². The van der Waals surface area contributed by atoms with Crippen LogP contribution in [0, 0.1) is 0 Å². The standard InChI is InChI=1S/C17H16BrNO2/c1-21-15-3-4-16(18)14(9-15)10-19-7-6-13-8-12(11-20)2-5-17(13)19/h2-9,20H,10-11H2,1H3. The van der Waals surface area contributed by atoms with E-state index in [2.05, 4.69) is 38.8 Å². The quantitative estimate of drug-likeness (QED) is 0.776. The monoisotopic (exact) mass is 345 g/mol. The van der Waals surface area contributed by atoms with Crippen LogP contribution in [0.2, 0.25) is 0 Å². The Labute approximate surface area is 131 Å². The summed E-state index contributed by atoms with van der Waals surface area (Å²) in [5.41, 5.74) is 3.25. The predicted molar refractivity (Wildman–Crippen MR) is 87.7 cm³/mol. The van der Waals surface area contributed by atoms with Crippen LogP contribution in [-0.2, 0) is 13.2 Å². The van der Waals surface area contributed by atoms with Crippen LogP contribution in [0.15, 0.2) is 53.1 Å². The molecule has 108 valence electrons. The lowest BCUT2D eigenvalue weighted by molar-refractivity contribution is 0.282. The first-order valence-electron chi connectivity index (χ1n) is 6.72. The van der Waals surface area contributed by atoms with Crippen molar-refractivity contribution in [3.05, 3.63) is 64.3 Å². The highest BCUT2D eigenvalue weighted by Crippen LogP contribution is 2.25. The molecule has 0 aliphatic carbocycles. The minimum Gasteiger partial charge on any atom is -0.497 e. The molecule has 1 N–H and O–H groups in total. The molecule has 2 aromatic carbocycles. The Bertz CT molecular complexity index is 780. The van der Waals surface area contributed by atoms with E-state index in [1.807, 2.05) is 30.3 Å². The summed E-state index contributed by atoms with van der Waals surface area (Å²) < 4.78 is 8.55. The molecule has 0 radical (unpaired) electrons. The molecule has 3 nitrogen and oxygen atoms in total. The zero-order chi connectivity index (χ0) is 14.8. The normalized spacial score (nSPS) is 11.0. The van der Waals surface area contributed by atoms with Gasteiger partial charge in [-0.1, -0.05) is 22.0 Å². The van der Waals surface area contributed by atoms with Gasteiger partial charge in [-0.3, -0.25) is 0 Å². The Morgan fingerprint density at radius 1 is 1.14 bits per heavy atom. The van der Waals surface area contributed by atoms with Gasteiger partial charge in [0.05, 0.1) is 13.7 Å². The molecular weight excluding hydrogens is 330 g/mol. The highest BCUT2D eigenvalue weighted by Gasteiger charge is 2.06. The average molecular weight is 346 g/mol. The molecule has 0 aliphatic heterocycles. The number of rotatable bonds is 4. The van der Waals surface area contributed by atoms with Gasteiger partial charge in [0, 0.05) is 22.7 Å². The van der Waals surface area contributed by atoms with Crippen LogP contribution in [0.3, 0.4) is 0 Å². The number of methoxy groups -OCH3 is 1. The maximum atomic E-state index is 9.21. The molecule has 0 spiro atoms. The summed E-state index contributed by atoms with van der Waals surface area (Å²) in [6, 6.07) is 14.1. The highest BCUT2D eigenvalue weighted by atomic mass is 79.9. The molecule has 0 bridgehead atoms. The molecule has 1 heterocycles. The van der Waals surface area contributed by atoms with E-state index in [0.29, 0.717) is 0 Å². The van der Waals surface area contributed by atoms with E-state index in [-0.39, 0.29) is 6.61 Å². The zero-order valence-corrected chi connectivity index (χ0v) is 13.3. The summed E-state index contributed by atoms with van der Waals surface area (Å²) in [4.78, 5) is 0. The smallest absolute Gasteiger partial charge is 0.119 e. The minimum absolute atomic E-state index is 0.0720. The molecular formula is C17H16BrNO2. The third kappa shape index (κ3) is 2.82. The van der Waals surface area contributed by atoms with E-state index in [4.69, 9.17) is 4.74 Å². The fourth-order valence-electron chi connectivity index (χ4n) is 2.47. The predicted octanol–water partition coefficient (Wildman–Crippen LogP) is 3.95. The van der Waals surface area contributed by atoms with Crippen LogP contribution in [0.1, 0.15) is 11.1 Å². The fourth-order valence-corrected chi connectivity index (χ4v) is 2.84. The largest absolute Gasteiger partial charge is 0.497 e. The van der Waals surface area contributed by atoms with Crippen molar-refractivity contribution >= 4 is 26.8 Å². The van der Waals surface area contributed by atoms with Crippen molar-refractivity contribution in [2.75, 3.05) is 7.11 Å². The van der Waals surface area contributed by atoms with Crippen LogP contribution in [0.4, 0.5) is 0 Å². The maximum Gasteiger partial charge on any atom is 0.119 e. The van der Waals surface area contributed by atoms with E-state index < -0.39 is 0 Å². The number of aliphatic hydroxyl groups excluding tert-OH is 1. The first-order chi connectivity index (χ1) is 10.2. The average Bonchev–Trinajstić information content (AvgIpc) is 2.91. The third-order valence-corrected chi connectivity index (χ3v) is 4.39. The molecule has 0 fully saturated rings. The number of hydrogen-bond donors (Lipinski definition) is 1. The van der Waals surface area contributed by atoms with Crippen molar-refractivity contribution in [3.8, 4) is 5.75 Å². The van der Waals surface area contributed by atoms with E-state index in [9.17, 15) is 5.11 Å². The van der Waals surface area contributed by atoms with Gasteiger partial charge in [0.15, 0.2) is 0 Å². The Morgan fingerprint density at radius 2 is 2.00 bits per heavy atom. The van der Waals surface area contributed by atoms with E-state index in [1.54, 1.807) is 7.11 Å². The van der Waals surface area contributed by atoms with Crippen LogP contribution in [0.5, 0.6) is 5.75 Å². The van der Waals surface area contributed by atoms with Gasteiger partial charge in [-0.15, -0.1) is 0 Å². The number of halogens is 1. The van der Waals surface area contributed by atoms with Crippen LogP contribution in [-0.4, -0.2) is 16.8 Å². The van der Waals surface area contributed by atoms with Gasteiger partial charge in [-0.2, -0.15) is 0 Å². The Balaban J connectivity index is 1.98. The molecule has 4 heteroatoms. The summed E-state index contributed by atoms with van der Waals surface area (Å²) in [6.07, 6.45) is 2.07. The van der Waals surface area contributed by atoms with Gasteiger partial charge in [0.25, 0.3) is 0 Å². The molecule has 3 rings (SSSR count). The maximum absolute atomic E-state index is 9.21. The lowest BCUT2D eigenvalue weighted by atomic mass is 10.1. The number of aromatic nitrogens is 1. The lowest BCUT2D eigenvalue weighted by Crippen LogP contribution is -1.99. The molecule has 0 saturated heterocycles. The zero-order valence-electron chi connectivity index (χ0n) is 11.7.